The van der Waals surface area contributed by atoms with Gasteiger partial charge in [0.2, 0.25) is 0 Å². The number of ether oxygens (including phenoxy) is 2. The van der Waals surface area contributed by atoms with Crippen LogP contribution in [0.15, 0.2) is 66.0 Å². The van der Waals surface area contributed by atoms with Gasteiger partial charge in [-0.05, 0) is 79.9 Å². The molecule has 35 heavy (non-hydrogen) atoms. The average molecular weight is 493 g/mol. The Balaban J connectivity index is 1.43. The van der Waals surface area contributed by atoms with Gasteiger partial charge in [0.1, 0.15) is 0 Å². The van der Waals surface area contributed by atoms with Crippen LogP contribution in [0.25, 0.3) is 0 Å². The molecule has 0 radical (unpaired) electrons. The Kier molecular flexibility index (Phi) is 8.83. The van der Waals surface area contributed by atoms with Gasteiger partial charge in [-0.25, -0.2) is 0 Å². The highest BCUT2D eigenvalue weighted by Gasteiger charge is 2.32. The summed E-state index contributed by atoms with van der Waals surface area (Å²) in [4.78, 5) is 18.5. The molecule has 1 atom stereocenters. The second-order valence-electron chi connectivity index (χ2n) is 9.18. The molecular weight excluding hydrogens is 456 g/mol. The number of nitrogens with zero attached hydrogens (tertiary/aromatic N) is 2. The lowest BCUT2D eigenvalue weighted by Gasteiger charge is -2.40. The third-order valence-corrected chi connectivity index (χ3v) is 7.81. The van der Waals surface area contributed by atoms with E-state index in [4.69, 9.17) is 9.47 Å². The second kappa shape index (κ2) is 12.2. The zero-order valence-electron chi connectivity index (χ0n) is 21.0. The van der Waals surface area contributed by atoms with Crippen LogP contribution >= 0.6 is 11.3 Å². The van der Waals surface area contributed by atoms with Crippen LogP contribution in [0.2, 0.25) is 0 Å². The molecule has 2 aromatic carbocycles. The van der Waals surface area contributed by atoms with Gasteiger partial charge in [0, 0.05) is 19.6 Å². The summed E-state index contributed by atoms with van der Waals surface area (Å²) in [6.45, 7) is 5.54. The number of benzene rings is 2. The maximum Gasteiger partial charge on any atom is 0.263 e. The number of methoxy groups -OCH3 is 1. The predicted octanol–water partition coefficient (Wildman–Crippen LogP) is 5.75. The smallest absolute Gasteiger partial charge is 0.263 e. The van der Waals surface area contributed by atoms with Gasteiger partial charge in [0.05, 0.1) is 18.6 Å². The van der Waals surface area contributed by atoms with Gasteiger partial charge < -0.3 is 14.4 Å². The lowest BCUT2D eigenvalue weighted by molar-refractivity contribution is 0.0589. The van der Waals surface area contributed by atoms with Crippen LogP contribution in [0.4, 0.5) is 0 Å². The summed E-state index contributed by atoms with van der Waals surface area (Å²) in [5, 5.41) is 1.97. The van der Waals surface area contributed by atoms with E-state index < -0.39 is 0 Å². The first-order valence-corrected chi connectivity index (χ1v) is 13.3. The Morgan fingerprint density at radius 3 is 2.49 bits per heavy atom. The first-order valence-electron chi connectivity index (χ1n) is 12.5. The molecule has 1 saturated heterocycles. The van der Waals surface area contributed by atoms with E-state index in [1.54, 1.807) is 7.11 Å². The third kappa shape index (κ3) is 6.44. The van der Waals surface area contributed by atoms with Crippen molar-refractivity contribution in [3.05, 3.63) is 82.0 Å². The maximum atomic E-state index is 13.2. The molecule has 0 saturated carbocycles. The lowest BCUT2D eigenvalue weighted by atomic mass is 9.84. The van der Waals surface area contributed by atoms with Gasteiger partial charge in [0.15, 0.2) is 11.5 Å². The quantitative estimate of drug-likeness (QED) is 0.361. The van der Waals surface area contributed by atoms with Crippen LogP contribution in [0.5, 0.6) is 11.5 Å². The second-order valence-corrected chi connectivity index (χ2v) is 10.1. The Labute approximate surface area is 213 Å². The van der Waals surface area contributed by atoms with Crippen LogP contribution in [0.3, 0.4) is 0 Å². The fourth-order valence-electron chi connectivity index (χ4n) is 5.04. The molecule has 6 heteroatoms. The monoisotopic (exact) mass is 492 g/mol. The molecule has 2 heterocycles. The van der Waals surface area contributed by atoms with E-state index in [1.807, 2.05) is 48.5 Å². The molecule has 0 spiro atoms. The fraction of sp³-hybridized carbons (Fsp3) is 0.414. The highest BCUT2D eigenvalue weighted by atomic mass is 32.1. The number of piperidine rings is 1. The molecule has 1 amide bonds. The van der Waals surface area contributed by atoms with Gasteiger partial charge in [-0.1, -0.05) is 42.5 Å². The van der Waals surface area contributed by atoms with Gasteiger partial charge in [-0.2, -0.15) is 0 Å². The lowest BCUT2D eigenvalue weighted by Crippen LogP contribution is -2.47. The van der Waals surface area contributed by atoms with Crippen LogP contribution in [0, 0.1) is 5.92 Å². The van der Waals surface area contributed by atoms with E-state index in [1.165, 1.54) is 22.5 Å². The zero-order chi connectivity index (χ0) is 24.6. The Bertz CT molecular complexity index is 1060. The van der Waals surface area contributed by atoms with E-state index in [0.29, 0.717) is 12.5 Å². The summed E-state index contributed by atoms with van der Waals surface area (Å²) in [5.74, 6) is 2.18. The summed E-state index contributed by atoms with van der Waals surface area (Å²) >= 11 is 1.52. The number of carbonyl (C=O) groups is 1. The largest absolute Gasteiger partial charge is 0.493 e. The summed E-state index contributed by atoms with van der Waals surface area (Å²) < 4.78 is 11.2. The number of hydrogen-bond donors (Lipinski definition) is 0. The van der Waals surface area contributed by atoms with Gasteiger partial charge in [-0.3, -0.25) is 9.69 Å². The van der Waals surface area contributed by atoms with E-state index in [2.05, 4.69) is 41.3 Å². The van der Waals surface area contributed by atoms with Crippen molar-refractivity contribution in [2.45, 2.75) is 38.8 Å². The molecule has 1 aromatic heterocycles. The molecule has 0 bridgehead atoms. The molecule has 1 fully saturated rings. The molecular formula is C29H36N2O3S. The van der Waals surface area contributed by atoms with Gasteiger partial charge >= 0.3 is 0 Å². The number of hydrogen-bond acceptors (Lipinski definition) is 5. The van der Waals surface area contributed by atoms with Crippen LogP contribution in [0.1, 0.15) is 40.6 Å². The molecule has 0 unspecified atom stereocenters. The van der Waals surface area contributed by atoms with Crippen molar-refractivity contribution >= 4 is 17.2 Å². The summed E-state index contributed by atoms with van der Waals surface area (Å²) in [7, 11) is 3.66. The molecule has 4 rings (SSSR count). The van der Waals surface area contributed by atoms with Crippen molar-refractivity contribution in [3.8, 4) is 11.5 Å². The molecule has 1 aliphatic rings. The molecule has 3 aromatic rings. The maximum absolute atomic E-state index is 13.2. The SMILES string of the molecule is CCOc1cc(CN2CCC([C@H](Cc3ccccc3)N(C)C(=O)c3cccs3)CC2)ccc1OC. The van der Waals surface area contributed by atoms with Crippen LogP contribution < -0.4 is 9.47 Å². The van der Waals surface area contributed by atoms with E-state index in [-0.39, 0.29) is 11.9 Å². The number of carbonyl (C=O) groups excluding carboxylic acids is 1. The van der Waals surface area contributed by atoms with Crippen molar-refractivity contribution in [2.75, 3.05) is 33.9 Å². The van der Waals surface area contributed by atoms with Crippen LogP contribution in [-0.4, -0.2) is 55.6 Å². The van der Waals surface area contributed by atoms with Gasteiger partial charge in [-0.15, -0.1) is 11.3 Å². The minimum atomic E-state index is 0.130. The first-order chi connectivity index (χ1) is 17.1. The Hall–Kier alpha value is -2.83. The van der Waals surface area contributed by atoms with Crippen LogP contribution in [-0.2, 0) is 13.0 Å². The molecule has 0 N–H and O–H groups in total. The van der Waals surface area contributed by atoms with Crippen molar-refractivity contribution < 1.29 is 14.3 Å². The summed E-state index contributed by atoms with van der Waals surface area (Å²) in [5.41, 5.74) is 2.52. The van der Waals surface area contributed by atoms with Crippen molar-refractivity contribution in [2.24, 2.45) is 5.92 Å². The number of thiophene rings is 1. The number of likely N-dealkylation sites (tertiary alicyclic amines) is 1. The third-order valence-electron chi connectivity index (χ3n) is 6.95. The minimum absolute atomic E-state index is 0.130. The molecule has 0 aliphatic carbocycles. The zero-order valence-corrected chi connectivity index (χ0v) is 21.8. The first kappa shape index (κ1) is 25.3. The average Bonchev–Trinajstić information content (AvgIpc) is 3.43. The van der Waals surface area contributed by atoms with E-state index in [0.717, 1.165) is 55.3 Å². The standard InChI is InChI=1S/C29H36N2O3S/c1-4-34-27-20-23(12-13-26(27)33-3)21-31-16-14-24(15-17-31)25(19-22-9-6-5-7-10-22)30(2)29(32)28-11-8-18-35-28/h5-13,18,20,24-25H,4,14-17,19,21H2,1-3H3/t25-/m0/s1. The molecule has 186 valence electrons. The molecule has 5 nitrogen and oxygen atoms in total. The van der Waals surface area contributed by atoms with E-state index in [9.17, 15) is 4.79 Å². The predicted molar refractivity (Wildman–Crippen MR) is 143 cm³/mol. The van der Waals surface area contributed by atoms with Crippen molar-refractivity contribution in [1.29, 1.82) is 0 Å². The van der Waals surface area contributed by atoms with Crippen molar-refractivity contribution in [3.63, 3.8) is 0 Å². The highest BCUT2D eigenvalue weighted by molar-refractivity contribution is 7.12. The topological polar surface area (TPSA) is 42.0 Å². The number of rotatable bonds is 10. The summed E-state index contributed by atoms with van der Waals surface area (Å²) in [6, 6.07) is 20.8. The van der Waals surface area contributed by atoms with Gasteiger partial charge in [0.25, 0.3) is 5.91 Å². The fourth-order valence-corrected chi connectivity index (χ4v) is 5.75. The number of likely N-dealkylation sites (N-methyl/N-ethyl adjacent to an activating group) is 1. The minimum Gasteiger partial charge on any atom is -0.493 e. The Morgan fingerprint density at radius 2 is 1.83 bits per heavy atom. The Morgan fingerprint density at radius 1 is 1.06 bits per heavy atom. The molecule has 1 aliphatic heterocycles. The number of amides is 1. The normalized spacial score (nSPS) is 15.5. The highest BCUT2D eigenvalue weighted by Crippen LogP contribution is 2.31. The summed E-state index contributed by atoms with van der Waals surface area (Å²) in [6.07, 6.45) is 3.04. The van der Waals surface area contributed by atoms with Crippen molar-refractivity contribution in [1.82, 2.24) is 9.80 Å². The van der Waals surface area contributed by atoms with E-state index >= 15 is 0 Å².